The highest BCUT2D eigenvalue weighted by molar-refractivity contribution is 7.47. The summed E-state index contributed by atoms with van der Waals surface area (Å²) in [7, 11) is -9.90. The Balaban J connectivity index is 5.21. The third kappa shape index (κ3) is 63.5. The van der Waals surface area contributed by atoms with Gasteiger partial charge in [-0.25, -0.2) is 9.13 Å². The number of hydrogen-bond donors (Lipinski definition) is 3. The number of aliphatic hydroxyl groups excluding tert-OH is 1. The van der Waals surface area contributed by atoms with Crippen molar-refractivity contribution in [3.63, 3.8) is 0 Å². The van der Waals surface area contributed by atoms with Crippen molar-refractivity contribution >= 4 is 39.5 Å². The molecule has 0 rings (SSSR count). The van der Waals surface area contributed by atoms with E-state index in [0.717, 1.165) is 114 Å². The molecular formula is C71H138O17P2. The van der Waals surface area contributed by atoms with Crippen LogP contribution in [-0.4, -0.2) is 96.7 Å². The van der Waals surface area contributed by atoms with E-state index >= 15 is 0 Å². The number of phosphoric acid groups is 2. The predicted molar refractivity (Wildman–Crippen MR) is 363 cm³/mol. The highest BCUT2D eigenvalue weighted by Gasteiger charge is 2.30. The van der Waals surface area contributed by atoms with Crippen LogP contribution in [0.4, 0.5) is 0 Å². The minimum absolute atomic E-state index is 0.101. The van der Waals surface area contributed by atoms with E-state index in [-0.39, 0.29) is 25.7 Å². The number of carbonyl (C=O) groups is 4. The van der Waals surface area contributed by atoms with Crippen LogP contribution in [-0.2, 0) is 65.4 Å². The van der Waals surface area contributed by atoms with Crippen molar-refractivity contribution in [1.82, 2.24) is 0 Å². The van der Waals surface area contributed by atoms with Gasteiger partial charge < -0.3 is 33.8 Å². The first-order valence-corrected chi connectivity index (χ1v) is 39.7. The Bertz CT molecular complexity index is 1780. The maximum absolute atomic E-state index is 13.0. The highest BCUT2D eigenvalue weighted by Crippen LogP contribution is 2.45. The van der Waals surface area contributed by atoms with Gasteiger partial charge in [-0.05, 0) is 49.4 Å². The van der Waals surface area contributed by atoms with Crippen molar-refractivity contribution in [3.8, 4) is 0 Å². The molecule has 17 nitrogen and oxygen atoms in total. The molecule has 3 N–H and O–H groups in total. The number of hydrogen-bond acceptors (Lipinski definition) is 15. The van der Waals surface area contributed by atoms with Gasteiger partial charge in [0.25, 0.3) is 0 Å². The molecule has 6 atom stereocenters. The first-order chi connectivity index (χ1) is 43.1. The summed E-state index contributed by atoms with van der Waals surface area (Å²) < 4.78 is 68.2. The van der Waals surface area contributed by atoms with Crippen molar-refractivity contribution in [2.75, 3.05) is 39.6 Å². The monoisotopic (exact) mass is 1320 g/mol. The standard InChI is InChI=1S/C71H138O17P2/c1-9-64(8)50-42-34-28-30-38-46-54-71(76)88-67(58-82-69(74)52-44-36-29-27-33-41-49-63(6)7)60-86-90(79,80)84-56-65(72)55-83-89(77,78)85-59-66(87-70(75)53-45-37-26-22-18-17-20-24-32-40-48-62(4)5)57-81-68(73)51-43-35-25-21-16-14-12-10-11-13-15-19-23-31-39-47-61(2)3/h61-67,72H,9-60H2,1-8H3,(H,77,78)(H,79,80)/t64?,65-,66-,67-/m1/s1. The van der Waals surface area contributed by atoms with Crippen LogP contribution in [0.5, 0.6) is 0 Å². The highest BCUT2D eigenvalue weighted by atomic mass is 31.2. The molecule has 0 fully saturated rings. The number of phosphoric ester groups is 2. The largest absolute Gasteiger partial charge is 0.472 e. The van der Waals surface area contributed by atoms with Crippen LogP contribution in [0, 0.1) is 23.7 Å². The third-order valence-electron chi connectivity index (χ3n) is 16.7. The normalized spacial score (nSPS) is 14.6. The SMILES string of the molecule is CCC(C)CCCCCCCCC(=O)O[C@H](COC(=O)CCCCCCCCC(C)C)COP(=O)(O)OC[C@H](O)COP(=O)(O)OC[C@@H](COC(=O)CCCCCCCCCCCCCCCCCC(C)C)OC(=O)CCCCCCCCCCCCC(C)C. The summed E-state index contributed by atoms with van der Waals surface area (Å²) in [6.07, 6.45) is 43.3. The first-order valence-electron chi connectivity index (χ1n) is 36.7. The molecule has 0 bridgehead atoms. The Morgan fingerprint density at radius 3 is 0.789 bits per heavy atom. The summed E-state index contributed by atoms with van der Waals surface area (Å²) in [5.74, 6) is 0.825. The lowest BCUT2D eigenvalue weighted by atomic mass is 10.00. The number of unbranched alkanes of at least 4 members (excludes halogenated alkanes) is 33. The van der Waals surface area contributed by atoms with Crippen LogP contribution in [0.2, 0.25) is 0 Å². The van der Waals surface area contributed by atoms with Crippen LogP contribution in [0.15, 0.2) is 0 Å². The van der Waals surface area contributed by atoms with Crippen LogP contribution >= 0.6 is 15.6 Å². The van der Waals surface area contributed by atoms with Gasteiger partial charge in [-0.15, -0.1) is 0 Å². The molecule has 19 heteroatoms. The van der Waals surface area contributed by atoms with Gasteiger partial charge in [-0.2, -0.15) is 0 Å². The van der Waals surface area contributed by atoms with Crippen molar-refractivity contribution in [3.05, 3.63) is 0 Å². The Kier molecular flexibility index (Phi) is 59.4. The molecule has 90 heavy (non-hydrogen) atoms. The Labute approximate surface area is 549 Å². The van der Waals surface area contributed by atoms with Crippen LogP contribution in [0.1, 0.15) is 351 Å². The predicted octanol–water partition coefficient (Wildman–Crippen LogP) is 20.1. The fourth-order valence-electron chi connectivity index (χ4n) is 10.6. The number of ether oxygens (including phenoxy) is 4. The summed E-state index contributed by atoms with van der Waals surface area (Å²) >= 11 is 0. The molecule has 0 spiro atoms. The first kappa shape index (κ1) is 88.1. The van der Waals surface area contributed by atoms with Gasteiger partial charge in [0.2, 0.25) is 0 Å². The maximum Gasteiger partial charge on any atom is 0.472 e. The van der Waals surface area contributed by atoms with Crippen molar-refractivity contribution in [2.45, 2.75) is 369 Å². The van der Waals surface area contributed by atoms with E-state index in [2.05, 4.69) is 55.4 Å². The summed E-state index contributed by atoms with van der Waals surface area (Å²) in [6.45, 7) is 14.0. The van der Waals surface area contributed by atoms with Crippen LogP contribution < -0.4 is 0 Å². The van der Waals surface area contributed by atoms with Gasteiger partial charge in [0, 0.05) is 25.7 Å². The zero-order valence-electron chi connectivity index (χ0n) is 58.8. The fourth-order valence-corrected chi connectivity index (χ4v) is 12.2. The van der Waals surface area contributed by atoms with E-state index in [0.29, 0.717) is 31.6 Å². The Morgan fingerprint density at radius 2 is 0.533 bits per heavy atom. The van der Waals surface area contributed by atoms with E-state index < -0.39 is 97.5 Å². The summed E-state index contributed by atoms with van der Waals surface area (Å²) in [4.78, 5) is 72.5. The van der Waals surface area contributed by atoms with Gasteiger partial charge in [-0.1, -0.05) is 299 Å². The molecule has 0 heterocycles. The van der Waals surface area contributed by atoms with E-state index in [1.165, 1.54) is 148 Å². The fraction of sp³-hybridized carbons (Fsp3) is 0.944. The van der Waals surface area contributed by atoms with E-state index in [4.69, 9.17) is 37.0 Å². The summed E-state index contributed by atoms with van der Waals surface area (Å²) in [5.41, 5.74) is 0. The van der Waals surface area contributed by atoms with E-state index in [1.54, 1.807) is 0 Å². The Morgan fingerprint density at radius 1 is 0.311 bits per heavy atom. The second kappa shape index (κ2) is 60.7. The molecule has 0 aliphatic rings. The topological polar surface area (TPSA) is 237 Å². The number of rotatable bonds is 68. The molecular weight excluding hydrogens is 1190 g/mol. The molecule has 0 aliphatic carbocycles. The van der Waals surface area contributed by atoms with Crippen LogP contribution in [0.25, 0.3) is 0 Å². The van der Waals surface area contributed by atoms with Gasteiger partial charge in [0.05, 0.1) is 26.4 Å². The van der Waals surface area contributed by atoms with Crippen molar-refractivity contribution in [2.24, 2.45) is 23.7 Å². The molecule has 0 aromatic heterocycles. The number of esters is 4. The number of aliphatic hydroxyl groups is 1. The Hall–Kier alpha value is -1.94. The zero-order chi connectivity index (χ0) is 66.8. The second-order valence-electron chi connectivity index (χ2n) is 27.3. The van der Waals surface area contributed by atoms with Gasteiger partial charge >= 0.3 is 39.5 Å². The van der Waals surface area contributed by atoms with E-state index in [9.17, 15) is 43.2 Å². The molecule has 0 radical (unpaired) electrons. The lowest BCUT2D eigenvalue weighted by Crippen LogP contribution is -2.30. The molecule has 0 aromatic rings. The molecule has 3 unspecified atom stereocenters. The average Bonchev–Trinajstić information content (AvgIpc) is 3.61. The molecule has 0 saturated carbocycles. The maximum atomic E-state index is 13.0. The minimum Gasteiger partial charge on any atom is -0.462 e. The molecule has 534 valence electrons. The molecule has 0 amide bonds. The average molecular weight is 1330 g/mol. The van der Waals surface area contributed by atoms with Gasteiger partial charge in [0.15, 0.2) is 12.2 Å². The lowest BCUT2D eigenvalue weighted by molar-refractivity contribution is -0.161. The second-order valence-corrected chi connectivity index (χ2v) is 30.2. The quantitative estimate of drug-likeness (QED) is 0.0222. The van der Waals surface area contributed by atoms with Crippen molar-refractivity contribution < 1.29 is 80.2 Å². The molecule has 0 aliphatic heterocycles. The lowest BCUT2D eigenvalue weighted by Gasteiger charge is -2.21. The summed E-state index contributed by atoms with van der Waals surface area (Å²) in [5, 5.41) is 10.6. The van der Waals surface area contributed by atoms with Crippen LogP contribution in [0.3, 0.4) is 0 Å². The van der Waals surface area contributed by atoms with Crippen molar-refractivity contribution in [1.29, 1.82) is 0 Å². The van der Waals surface area contributed by atoms with Gasteiger partial charge in [0.1, 0.15) is 19.3 Å². The zero-order valence-corrected chi connectivity index (χ0v) is 60.6. The summed E-state index contributed by atoms with van der Waals surface area (Å²) in [6, 6.07) is 0. The number of carbonyl (C=O) groups excluding carboxylic acids is 4. The molecule has 0 saturated heterocycles. The van der Waals surface area contributed by atoms with Gasteiger partial charge in [-0.3, -0.25) is 37.3 Å². The third-order valence-corrected chi connectivity index (χ3v) is 18.6. The smallest absolute Gasteiger partial charge is 0.462 e. The molecule has 0 aromatic carbocycles. The van der Waals surface area contributed by atoms with E-state index in [1.807, 2.05) is 0 Å². The minimum atomic E-state index is -4.95.